The molecule has 13 aromatic carbocycles. The Bertz CT molecular complexity index is 4750. The predicted octanol–water partition coefficient (Wildman–Crippen LogP) is 24.3. The number of benzene rings is 13. The molecule has 0 atom stereocenters. The van der Waals surface area contributed by atoms with E-state index in [9.17, 15) is 0 Å². The first-order valence-electron chi connectivity index (χ1n) is 30.4. The molecule has 2 aliphatic carbocycles. The maximum absolute atomic E-state index is 2.54. The van der Waals surface area contributed by atoms with Gasteiger partial charge in [-0.2, -0.15) is 0 Å². The highest BCUT2D eigenvalue weighted by molar-refractivity contribution is 6.32. The lowest BCUT2D eigenvalue weighted by atomic mass is 9.75. The van der Waals surface area contributed by atoms with Crippen LogP contribution in [-0.4, -0.2) is 0 Å². The Morgan fingerprint density at radius 3 is 1.06 bits per heavy atom. The third kappa shape index (κ3) is 7.93. The Morgan fingerprint density at radius 1 is 0.190 bits per heavy atom. The molecular formula is C84H72. The van der Waals surface area contributed by atoms with Crippen molar-refractivity contribution in [3.63, 3.8) is 0 Å². The van der Waals surface area contributed by atoms with Gasteiger partial charge in [-0.3, -0.25) is 0 Å². The largest absolute Gasteiger partial charge is 0.0622 e. The topological polar surface area (TPSA) is 0 Å². The van der Waals surface area contributed by atoms with Crippen LogP contribution in [-0.2, 0) is 21.7 Å². The standard InChI is InChI=1S/C84H72/c1-81(2,3)55-41-53(42-56(47-55)82(4,5)6)73-63-31-21-22-32-64(63)74(54-43-57(83(7,8)9)48-58(44-54)84(10,11)12)79-68-40-39-60(62-34-24-35-66(75(62)68)78(73)79)52-37-38-65-69(45-52)72(50-27-17-14-18-28-50)77-67-36-23-33-61-59-30-20-19-29-51(59)46-70(76(61)67)80(77)71(65)49-25-15-13-16-26-49/h13-48H,1-12H3. The van der Waals surface area contributed by atoms with Crippen molar-refractivity contribution in [2.45, 2.75) is 105 Å². The van der Waals surface area contributed by atoms with Crippen LogP contribution in [0.2, 0.25) is 0 Å². The molecule has 0 N–H and O–H groups in total. The lowest BCUT2D eigenvalue weighted by Crippen LogP contribution is -2.17. The molecule has 0 nitrogen and oxygen atoms in total. The van der Waals surface area contributed by atoms with E-state index in [-0.39, 0.29) is 21.7 Å². The smallest absolute Gasteiger partial charge is 0.000719 e. The van der Waals surface area contributed by atoms with Gasteiger partial charge in [-0.1, -0.05) is 289 Å². The Balaban J connectivity index is 1.05. The normalized spacial score (nSPS) is 13.0. The van der Waals surface area contributed by atoms with E-state index in [4.69, 9.17) is 0 Å². The van der Waals surface area contributed by atoms with Gasteiger partial charge in [0.15, 0.2) is 0 Å². The minimum atomic E-state index is -0.0578. The van der Waals surface area contributed by atoms with Crippen LogP contribution in [0.25, 0.3) is 154 Å². The van der Waals surface area contributed by atoms with Crippen LogP contribution in [0.15, 0.2) is 218 Å². The van der Waals surface area contributed by atoms with Crippen molar-refractivity contribution in [3.8, 4) is 100 Å². The molecule has 84 heavy (non-hydrogen) atoms. The Morgan fingerprint density at radius 2 is 0.560 bits per heavy atom. The van der Waals surface area contributed by atoms with Gasteiger partial charge < -0.3 is 0 Å². The van der Waals surface area contributed by atoms with Crippen LogP contribution in [0.3, 0.4) is 0 Å². The van der Waals surface area contributed by atoms with Crippen molar-refractivity contribution in [3.05, 3.63) is 241 Å². The summed E-state index contributed by atoms with van der Waals surface area (Å²) in [5.74, 6) is 0. The zero-order chi connectivity index (χ0) is 57.9. The first kappa shape index (κ1) is 52.0. The summed E-state index contributed by atoms with van der Waals surface area (Å²) < 4.78 is 0. The highest BCUT2D eigenvalue weighted by Gasteiger charge is 2.35. The van der Waals surface area contributed by atoms with E-state index < -0.39 is 0 Å². The minimum absolute atomic E-state index is 0.0578. The zero-order valence-electron chi connectivity index (χ0n) is 50.8. The summed E-state index contributed by atoms with van der Waals surface area (Å²) in [7, 11) is 0. The van der Waals surface area contributed by atoms with Crippen molar-refractivity contribution in [2.24, 2.45) is 0 Å². The molecule has 0 saturated carbocycles. The molecule has 0 fully saturated rings. The minimum Gasteiger partial charge on any atom is -0.0622 e. The first-order valence-corrected chi connectivity index (χ1v) is 30.4. The summed E-state index contributed by atoms with van der Waals surface area (Å²) >= 11 is 0. The second kappa shape index (κ2) is 18.3. The third-order valence-electron chi connectivity index (χ3n) is 18.9. The van der Waals surface area contributed by atoms with Crippen LogP contribution in [0.4, 0.5) is 0 Å². The molecule has 0 bridgehead atoms. The van der Waals surface area contributed by atoms with Gasteiger partial charge in [-0.25, -0.2) is 0 Å². The van der Waals surface area contributed by atoms with E-state index in [0.29, 0.717) is 0 Å². The quantitative estimate of drug-likeness (QED) is 0.151. The lowest BCUT2D eigenvalue weighted by molar-refractivity contribution is 0.568. The molecule has 0 heterocycles. The Hall–Kier alpha value is -8.84. The summed E-state index contributed by atoms with van der Waals surface area (Å²) in [5, 5.41) is 12.9. The van der Waals surface area contributed by atoms with Crippen molar-refractivity contribution >= 4 is 53.9 Å². The highest BCUT2D eigenvalue weighted by Crippen LogP contribution is 2.62. The van der Waals surface area contributed by atoms with E-state index in [2.05, 4.69) is 301 Å². The summed E-state index contributed by atoms with van der Waals surface area (Å²) in [5.41, 5.74) is 28.4. The number of hydrogen-bond acceptors (Lipinski definition) is 0. The monoisotopic (exact) mass is 1080 g/mol. The van der Waals surface area contributed by atoms with Gasteiger partial charge >= 0.3 is 0 Å². The Labute approximate surface area is 496 Å². The number of fused-ring (bicyclic) bond motifs is 10. The molecule has 0 unspecified atom stereocenters. The average molecular weight is 1080 g/mol. The molecule has 0 saturated heterocycles. The average Bonchev–Trinajstić information content (AvgIpc) is 1.56. The van der Waals surface area contributed by atoms with Crippen molar-refractivity contribution in [1.29, 1.82) is 0 Å². The van der Waals surface area contributed by atoms with Crippen LogP contribution in [0.5, 0.6) is 0 Å². The van der Waals surface area contributed by atoms with Gasteiger partial charge in [0.05, 0.1) is 0 Å². The van der Waals surface area contributed by atoms with Crippen LogP contribution in [0, 0.1) is 0 Å². The summed E-state index contributed by atoms with van der Waals surface area (Å²) in [4.78, 5) is 0. The van der Waals surface area contributed by atoms with Gasteiger partial charge in [0, 0.05) is 0 Å². The second-order valence-corrected chi connectivity index (χ2v) is 28.4. The molecule has 0 aliphatic heterocycles. The molecule has 0 amide bonds. The molecule has 0 radical (unpaired) electrons. The summed E-state index contributed by atoms with van der Waals surface area (Å²) in [6.07, 6.45) is 0. The first-order chi connectivity index (χ1) is 40.2. The second-order valence-electron chi connectivity index (χ2n) is 28.4. The Kier molecular flexibility index (Phi) is 11.3. The van der Waals surface area contributed by atoms with Gasteiger partial charge in [0.25, 0.3) is 0 Å². The van der Waals surface area contributed by atoms with Crippen LogP contribution >= 0.6 is 0 Å². The zero-order valence-corrected chi connectivity index (χ0v) is 50.8. The molecule has 13 aromatic rings. The predicted molar refractivity (Wildman–Crippen MR) is 365 cm³/mol. The molecule has 0 heteroatoms. The van der Waals surface area contributed by atoms with E-state index in [1.54, 1.807) is 0 Å². The SMILES string of the molecule is CC(C)(C)c1cc(-c2c3c(c(-c4cc(C(C)(C)C)cc(C(C)(C)C)c4)c4ccccc24)-c2ccc(-c4ccc5c(-c6ccccc6)c6c(c(-c7ccccc7)c5c4)-c4cccc5c4c-6cc4ccccc45)c4cccc-3c24)cc(C(C)(C)C)c1. The molecular weight excluding hydrogens is 1010 g/mol. The number of rotatable bonds is 5. The molecule has 2 aliphatic rings. The van der Waals surface area contributed by atoms with E-state index in [1.165, 1.54) is 176 Å². The van der Waals surface area contributed by atoms with E-state index >= 15 is 0 Å². The van der Waals surface area contributed by atoms with Crippen LogP contribution < -0.4 is 0 Å². The van der Waals surface area contributed by atoms with Crippen molar-refractivity contribution in [1.82, 2.24) is 0 Å². The maximum atomic E-state index is 2.54. The fraction of sp³-hybridized carbons (Fsp3) is 0.190. The third-order valence-corrected chi connectivity index (χ3v) is 18.9. The van der Waals surface area contributed by atoms with Crippen molar-refractivity contribution in [2.75, 3.05) is 0 Å². The van der Waals surface area contributed by atoms with Gasteiger partial charge in [0.1, 0.15) is 0 Å². The van der Waals surface area contributed by atoms with Gasteiger partial charge in [0.2, 0.25) is 0 Å². The molecule has 408 valence electrons. The molecule has 15 rings (SSSR count). The molecule has 0 aromatic heterocycles. The van der Waals surface area contributed by atoms with E-state index in [1.807, 2.05) is 0 Å². The summed E-state index contributed by atoms with van der Waals surface area (Å²) in [6, 6.07) is 84.6. The fourth-order valence-electron chi connectivity index (χ4n) is 14.5. The molecule has 0 spiro atoms. The van der Waals surface area contributed by atoms with Crippen LogP contribution in [0.1, 0.15) is 105 Å². The number of hydrogen-bond donors (Lipinski definition) is 0. The lowest BCUT2D eigenvalue weighted by Gasteiger charge is -2.29. The van der Waals surface area contributed by atoms with Gasteiger partial charge in [-0.15, -0.1) is 0 Å². The highest BCUT2D eigenvalue weighted by atomic mass is 14.4. The maximum Gasteiger partial charge on any atom is -0.000719 e. The summed E-state index contributed by atoms with van der Waals surface area (Å²) in [6.45, 7) is 28.4. The van der Waals surface area contributed by atoms with E-state index in [0.717, 1.165) is 0 Å². The fourth-order valence-corrected chi connectivity index (χ4v) is 14.5. The van der Waals surface area contributed by atoms with Gasteiger partial charge in [-0.05, 0) is 210 Å². The van der Waals surface area contributed by atoms with Crippen molar-refractivity contribution < 1.29 is 0 Å².